The summed E-state index contributed by atoms with van der Waals surface area (Å²) in [5.41, 5.74) is 6.15. The number of ether oxygens (including phenoxy) is 3. The van der Waals surface area contributed by atoms with E-state index in [1.165, 1.54) is 108 Å². The molecule has 0 saturated carbocycles. The van der Waals surface area contributed by atoms with Crippen LogP contribution in [0.15, 0.2) is 6.20 Å². The van der Waals surface area contributed by atoms with Crippen molar-refractivity contribution in [1.29, 1.82) is 0 Å². The molecule has 1 aliphatic rings. The third-order valence-electron chi connectivity index (χ3n) is 10.0. The Morgan fingerprint density at radius 3 is 1.84 bits per heavy atom. The number of esters is 2. The molecule has 7 N–H and O–H groups in total. The van der Waals surface area contributed by atoms with E-state index in [4.69, 9.17) is 19.9 Å². The molecular formula is C40H73N5O10S. The molecule has 1 saturated heterocycles. The van der Waals surface area contributed by atoms with E-state index in [1.807, 2.05) is 0 Å². The van der Waals surface area contributed by atoms with Gasteiger partial charge in [0.2, 0.25) is 5.91 Å². The fourth-order valence-electron chi connectivity index (χ4n) is 6.51. The van der Waals surface area contributed by atoms with Crippen molar-refractivity contribution in [2.75, 3.05) is 30.0 Å². The minimum Gasteiger partial charge on any atom is -0.462 e. The van der Waals surface area contributed by atoms with E-state index in [-0.39, 0.29) is 42.3 Å². The van der Waals surface area contributed by atoms with Crippen LogP contribution < -0.4 is 11.1 Å². The quantitative estimate of drug-likeness (QED) is 0.0390. The zero-order valence-corrected chi connectivity index (χ0v) is 34.9. The highest BCUT2D eigenvalue weighted by Gasteiger charge is 2.44. The summed E-state index contributed by atoms with van der Waals surface area (Å²) in [5.74, 6) is -0.810. The van der Waals surface area contributed by atoms with Crippen LogP contribution in [0.2, 0.25) is 0 Å². The lowest BCUT2D eigenvalue weighted by molar-refractivity contribution is -0.254. The summed E-state index contributed by atoms with van der Waals surface area (Å²) < 4.78 is 17.8. The summed E-state index contributed by atoms with van der Waals surface area (Å²) >= 11 is 1.29. The van der Waals surface area contributed by atoms with Crippen LogP contribution in [0.5, 0.6) is 0 Å². The van der Waals surface area contributed by atoms with Crippen LogP contribution in [0.25, 0.3) is 0 Å². The normalized spacial score (nSPS) is 20.7. The second kappa shape index (κ2) is 30.7. The maximum absolute atomic E-state index is 12.9. The molecule has 56 heavy (non-hydrogen) atoms. The van der Waals surface area contributed by atoms with Crippen molar-refractivity contribution in [3.05, 3.63) is 6.20 Å². The molecule has 0 bridgehead atoms. The van der Waals surface area contributed by atoms with Crippen molar-refractivity contribution in [2.24, 2.45) is 5.73 Å². The lowest BCUT2D eigenvalue weighted by Gasteiger charge is -2.39. The number of unbranched alkanes of at least 4 members (excludes halogenated alkanes) is 18. The summed E-state index contributed by atoms with van der Waals surface area (Å²) in [6, 6.07) is -0.987. The Bertz CT molecular complexity index is 1190. The lowest BCUT2D eigenvalue weighted by atomic mass is 9.98. The summed E-state index contributed by atoms with van der Waals surface area (Å²) in [6.45, 7) is 3.76. The van der Waals surface area contributed by atoms with Crippen molar-refractivity contribution in [1.82, 2.24) is 15.0 Å². The molecule has 15 nitrogen and oxygen atoms in total. The molecule has 1 fully saturated rings. The summed E-state index contributed by atoms with van der Waals surface area (Å²) in [5, 5.41) is 50.1. The third-order valence-corrected chi connectivity index (χ3v) is 11.2. The SMILES string of the molecule is CCCCCCCCCCCCC(=O)OCC(CSCC(N)C(=O)Nc1cn([C@H]2OC(CO)C(O)C(O)C2O)nn1)OC(=O)CCCCCCCCCCCC. The van der Waals surface area contributed by atoms with Crippen LogP contribution in [-0.2, 0) is 28.6 Å². The molecule has 1 aliphatic heterocycles. The number of carbonyl (C=O) groups is 3. The number of nitrogens with one attached hydrogen (secondary N) is 1. The number of nitrogens with zero attached hydrogens (tertiary/aromatic N) is 3. The van der Waals surface area contributed by atoms with Gasteiger partial charge in [0.05, 0.1) is 18.8 Å². The molecule has 2 heterocycles. The Hall–Kier alpha value is -2.34. The van der Waals surface area contributed by atoms with Gasteiger partial charge in [-0.2, -0.15) is 11.8 Å². The fourth-order valence-corrected chi connectivity index (χ4v) is 7.48. The monoisotopic (exact) mass is 816 g/mol. The second-order valence-corrected chi connectivity index (χ2v) is 16.2. The van der Waals surface area contributed by atoms with Gasteiger partial charge in [0.1, 0.15) is 37.1 Å². The van der Waals surface area contributed by atoms with Crippen LogP contribution in [0.1, 0.15) is 161 Å². The van der Waals surface area contributed by atoms with E-state index in [9.17, 15) is 34.8 Å². The Morgan fingerprint density at radius 2 is 1.30 bits per heavy atom. The first-order valence-corrected chi connectivity index (χ1v) is 22.5. The number of hydrogen-bond acceptors (Lipinski definition) is 14. The van der Waals surface area contributed by atoms with Gasteiger partial charge < -0.3 is 45.7 Å². The number of amides is 1. The highest BCUT2D eigenvalue weighted by molar-refractivity contribution is 7.99. The zero-order chi connectivity index (χ0) is 41.0. The van der Waals surface area contributed by atoms with Gasteiger partial charge in [0.15, 0.2) is 12.0 Å². The van der Waals surface area contributed by atoms with Crippen LogP contribution in [0.3, 0.4) is 0 Å². The minimum atomic E-state index is -1.60. The molecule has 0 spiro atoms. The average molecular weight is 816 g/mol. The van der Waals surface area contributed by atoms with Crippen LogP contribution in [0.4, 0.5) is 5.82 Å². The molecule has 324 valence electrons. The van der Waals surface area contributed by atoms with Gasteiger partial charge in [0.25, 0.3) is 0 Å². The molecule has 2 rings (SSSR count). The van der Waals surface area contributed by atoms with Gasteiger partial charge in [0, 0.05) is 24.3 Å². The molecule has 1 aromatic heterocycles. The predicted octanol–water partition coefficient (Wildman–Crippen LogP) is 5.33. The molecule has 0 radical (unpaired) electrons. The number of rotatable bonds is 33. The Balaban J connectivity index is 1.79. The second-order valence-electron chi connectivity index (χ2n) is 15.1. The number of thioether (sulfide) groups is 1. The molecular weight excluding hydrogens is 743 g/mol. The Morgan fingerprint density at radius 1 is 0.786 bits per heavy atom. The number of aromatic nitrogens is 3. The number of nitrogens with two attached hydrogens (primary N) is 1. The molecule has 7 atom stereocenters. The number of aliphatic hydroxyl groups is 4. The van der Waals surface area contributed by atoms with E-state index in [1.54, 1.807) is 0 Å². The average Bonchev–Trinajstić information content (AvgIpc) is 3.65. The lowest BCUT2D eigenvalue weighted by Crippen LogP contribution is -2.56. The van der Waals surface area contributed by atoms with Gasteiger partial charge in [-0.05, 0) is 12.8 Å². The molecule has 0 aliphatic carbocycles. The topological polar surface area (TPSA) is 229 Å². The number of hydrogen-bond donors (Lipinski definition) is 6. The smallest absolute Gasteiger partial charge is 0.306 e. The predicted molar refractivity (Wildman–Crippen MR) is 217 cm³/mol. The van der Waals surface area contributed by atoms with Gasteiger partial charge >= 0.3 is 11.9 Å². The van der Waals surface area contributed by atoms with E-state index in [2.05, 4.69) is 29.5 Å². The highest BCUT2D eigenvalue weighted by atomic mass is 32.2. The first-order chi connectivity index (χ1) is 27.1. The van der Waals surface area contributed by atoms with Crippen molar-refractivity contribution in [2.45, 2.75) is 198 Å². The van der Waals surface area contributed by atoms with Crippen molar-refractivity contribution in [3.8, 4) is 0 Å². The van der Waals surface area contributed by atoms with E-state index >= 15 is 0 Å². The van der Waals surface area contributed by atoms with Crippen molar-refractivity contribution >= 4 is 35.4 Å². The number of aliphatic hydroxyl groups excluding tert-OH is 4. The maximum Gasteiger partial charge on any atom is 0.306 e. The molecule has 0 aromatic carbocycles. The van der Waals surface area contributed by atoms with Crippen molar-refractivity contribution < 1.29 is 49.0 Å². The molecule has 6 unspecified atom stereocenters. The summed E-state index contributed by atoms with van der Waals surface area (Å²) in [7, 11) is 0. The first kappa shape index (κ1) is 49.8. The highest BCUT2D eigenvalue weighted by Crippen LogP contribution is 2.28. The first-order valence-electron chi connectivity index (χ1n) is 21.3. The number of anilines is 1. The Kier molecular flexibility index (Phi) is 27.3. The maximum atomic E-state index is 12.9. The fraction of sp³-hybridized carbons (Fsp3) is 0.875. The molecule has 16 heteroatoms. The van der Waals surface area contributed by atoms with Gasteiger partial charge in [-0.25, -0.2) is 4.68 Å². The third kappa shape index (κ3) is 20.9. The zero-order valence-electron chi connectivity index (χ0n) is 34.1. The van der Waals surface area contributed by atoms with E-state index < -0.39 is 55.3 Å². The van der Waals surface area contributed by atoms with Crippen molar-refractivity contribution in [3.63, 3.8) is 0 Å². The van der Waals surface area contributed by atoms with E-state index in [0.29, 0.717) is 6.42 Å². The van der Waals surface area contributed by atoms with Crippen LogP contribution >= 0.6 is 11.8 Å². The largest absolute Gasteiger partial charge is 0.462 e. The summed E-state index contributed by atoms with van der Waals surface area (Å²) in [6.07, 6.45) is 17.3. The Labute approximate surface area is 338 Å². The number of carbonyl (C=O) groups excluding carboxylic acids is 3. The standard InChI is InChI=1S/C40H73N5O10S/c1-3-5-7-9-11-13-15-17-19-21-23-34(47)53-27-30(54-35(48)24-22-20-18-16-14-12-10-8-6-4-2)28-56-29-31(41)39(52)42-33-25-45(44-43-33)40-38(51)37(50)36(49)32(26-46)55-40/h25,30-32,36-38,40,46,49-51H,3-24,26-29,41H2,1-2H3,(H,42,52)/t30?,31?,32?,36?,37?,38?,40-/m0/s1. The summed E-state index contributed by atoms with van der Waals surface area (Å²) in [4.78, 5) is 38.2. The van der Waals surface area contributed by atoms with Crippen LogP contribution in [0, 0.1) is 0 Å². The van der Waals surface area contributed by atoms with Gasteiger partial charge in [-0.3, -0.25) is 14.4 Å². The van der Waals surface area contributed by atoms with Crippen LogP contribution in [-0.4, -0.2) is 115 Å². The van der Waals surface area contributed by atoms with Gasteiger partial charge in [-0.1, -0.05) is 135 Å². The van der Waals surface area contributed by atoms with Gasteiger partial charge in [-0.15, -0.1) is 5.10 Å². The molecule has 1 aromatic rings. The molecule has 1 amide bonds. The van der Waals surface area contributed by atoms with E-state index in [0.717, 1.165) is 43.2 Å². The minimum absolute atomic E-state index is 0.000474.